The predicted molar refractivity (Wildman–Crippen MR) is 104 cm³/mol. The van der Waals surface area contributed by atoms with Gasteiger partial charge in [0, 0.05) is 31.9 Å². The van der Waals surface area contributed by atoms with E-state index in [1.165, 1.54) is 6.07 Å². The maximum Gasteiger partial charge on any atom is 0.410 e. The summed E-state index contributed by atoms with van der Waals surface area (Å²) < 4.78 is 18.5. The zero-order valence-corrected chi connectivity index (χ0v) is 17.3. The molecule has 25 heavy (non-hydrogen) atoms. The Balaban J connectivity index is 0.00000134. The Kier molecular flexibility index (Phi) is 10.5. The molecule has 0 radical (unpaired) electrons. The number of hydrogen-bond acceptors (Lipinski definition) is 3. The standard InChI is InChI=1S/C15H20ClFN2O2.2C2H6/c1-15(2,3)21-14(20)19-8-6-18(7-9-19)11-4-5-13(17)12(16)10-11;2*1-2/h4-5,10H,6-9H2,1-3H3;2*1-2H3. The number of benzene rings is 1. The molecule has 0 saturated carbocycles. The molecule has 2 rings (SSSR count). The normalized spacial score (nSPS) is 14.0. The molecule has 1 fully saturated rings. The molecular formula is C19H32ClFN2O2. The number of carbonyl (C=O) groups is 1. The van der Waals surface area contributed by atoms with Crippen molar-refractivity contribution in [2.45, 2.75) is 54.1 Å². The molecule has 0 aromatic heterocycles. The molecule has 0 atom stereocenters. The fourth-order valence-electron chi connectivity index (χ4n) is 2.16. The second-order valence-electron chi connectivity index (χ2n) is 6.05. The van der Waals surface area contributed by atoms with Crippen LogP contribution >= 0.6 is 11.6 Å². The summed E-state index contributed by atoms with van der Waals surface area (Å²) in [6.45, 7) is 16.0. The number of rotatable bonds is 1. The minimum absolute atomic E-state index is 0.113. The molecule has 1 amide bonds. The minimum atomic E-state index is -0.487. The van der Waals surface area contributed by atoms with Gasteiger partial charge in [0.15, 0.2) is 0 Å². The van der Waals surface area contributed by atoms with Crippen LogP contribution in [0.25, 0.3) is 0 Å². The molecule has 1 aliphatic rings. The zero-order valence-electron chi connectivity index (χ0n) is 16.5. The van der Waals surface area contributed by atoms with Crippen LogP contribution in [-0.4, -0.2) is 42.8 Å². The lowest BCUT2D eigenvalue weighted by molar-refractivity contribution is 0.0240. The molecule has 1 heterocycles. The van der Waals surface area contributed by atoms with Crippen LogP contribution in [-0.2, 0) is 4.74 Å². The first-order valence-corrected chi connectivity index (χ1v) is 9.32. The summed E-state index contributed by atoms with van der Waals surface area (Å²) in [7, 11) is 0. The monoisotopic (exact) mass is 374 g/mol. The number of hydrogen-bond donors (Lipinski definition) is 0. The van der Waals surface area contributed by atoms with E-state index in [1.54, 1.807) is 17.0 Å². The third-order valence-corrected chi connectivity index (χ3v) is 3.49. The van der Waals surface area contributed by atoms with E-state index in [9.17, 15) is 9.18 Å². The summed E-state index contributed by atoms with van der Waals surface area (Å²) in [4.78, 5) is 15.7. The maximum atomic E-state index is 13.2. The summed E-state index contributed by atoms with van der Waals surface area (Å²) in [5.41, 5.74) is 0.379. The highest BCUT2D eigenvalue weighted by Crippen LogP contribution is 2.24. The van der Waals surface area contributed by atoms with Gasteiger partial charge in [-0.15, -0.1) is 0 Å². The molecule has 1 saturated heterocycles. The summed E-state index contributed by atoms with van der Waals surface area (Å²) in [5.74, 6) is -0.423. The lowest BCUT2D eigenvalue weighted by Crippen LogP contribution is -2.50. The molecule has 0 unspecified atom stereocenters. The van der Waals surface area contributed by atoms with E-state index in [4.69, 9.17) is 16.3 Å². The highest BCUT2D eigenvalue weighted by atomic mass is 35.5. The van der Waals surface area contributed by atoms with Gasteiger partial charge in [-0.1, -0.05) is 39.3 Å². The number of ether oxygens (including phenoxy) is 1. The van der Waals surface area contributed by atoms with Crippen molar-refractivity contribution in [1.82, 2.24) is 4.90 Å². The Labute approximate surface area is 156 Å². The Bertz CT molecular complexity index is 525. The quantitative estimate of drug-likeness (QED) is 0.642. The Morgan fingerprint density at radius 3 is 2.04 bits per heavy atom. The van der Waals surface area contributed by atoms with Gasteiger partial charge in [-0.25, -0.2) is 9.18 Å². The molecule has 1 aromatic carbocycles. The number of piperazine rings is 1. The Morgan fingerprint density at radius 1 is 1.08 bits per heavy atom. The molecule has 144 valence electrons. The highest BCUT2D eigenvalue weighted by Gasteiger charge is 2.26. The minimum Gasteiger partial charge on any atom is -0.444 e. The van der Waals surface area contributed by atoms with Crippen molar-refractivity contribution in [1.29, 1.82) is 0 Å². The Hall–Kier alpha value is -1.49. The van der Waals surface area contributed by atoms with E-state index in [1.807, 2.05) is 48.5 Å². The van der Waals surface area contributed by atoms with Crippen LogP contribution in [0.4, 0.5) is 14.9 Å². The molecule has 0 bridgehead atoms. The molecule has 1 aliphatic heterocycles. The van der Waals surface area contributed by atoms with E-state index >= 15 is 0 Å². The average molecular weight is 375 g/mol. The van der Waals surface area contributed by atoms with Gasteiger partial charge in [-0.3, -0.25) is 0 Å². The van der Waals surface area contributed by atoms with Gasteiger partial charge in [0.05, 0.1) is 5.02 Å². The number of carbonyl (C=O) groups excluding carboxylic acids is 1. The molecule has 6 heteroatoms. The molecule has 1 aromatic rings. The number of halogens is 2. The summed E-state index contributed by atoms with van der Waals surface area (Å²) >= 11 is 5.80. The molecular weight excluding hydrogens is 343 g/mol. The molecule has 4 nitrogen and oxygen atoms in total. The second kappa shape index (κ2) is 11.2. The van der Waals surface area contributed by atoms with E-state index < -0.39 is 11.4 Å². The summed E-state index contributed by atoms with van der Waals surface area (Å²) in [5, 5.41) is 0.113. The maximum absolute atomic E-state index is 13.2. The van der Waals surface area contributed by atoms with Crippen molar-refractivity contribution in [3.63, 3.8) is 0 Å². The van der Waals surface area contributed by atoms with Crippen LogP contribution in [0.3, 0.4) is 0 Å². The molecule has 0 spiro atoms. The van der Waals surface area contributed by atoms with Gasteiger partial charge in [-0.2, -0.15) is 0 Å². The van der Waals surface area contributed by atoms with Crippen molar-refractivity contribution < 1.29 is 13.9 Å². The second-order valence-corrected chi connectivity index (χ2v) is 6.46. The number of amides is 1. The first-order chi connectivity index (χ1) is 11.8. The third-order valence-electron chi connectivity index (χ3n) is 3.20. The van der Waals surface area contributed by atoms with Gasteiger partial charge in [0.1, 0.15) is 11.4 Å². The van der Waals surface area contributed by atoms with Gasteiger partial charge in [-0.05, 0) is 39.0 Å². The SMILES string of the molecule is CC.CC.CC(C)(C)OC(=O)N1CCN(c2ccc(F)c(Cl)c2)CC1. The van der Waals surface area contributed by atoms with E-state index in [0.717, 1.165) is 5.69 Å². The summed E-state index contributed by atoms with van der Waals surface area (Å²) in [6.07, 6.45) is -0.292. The lowest BCUT2D eigenvalue weighted by Gasteiger charge is -2.36. The topological polar surface area (TPSA) is 32.8 Å². The van der Waals surface area contributed by atoms with Crippen LogP contribution in [0.5, 0.6) is 0 Å². The number of anilines is 1. The van der Waals surface area contributed by atoms with E-state index in [-0.39, 0.29) is 11.1 Å². The molecule has 0 aliphatic carbocycles. The van der Waals surface area contributed by atoms with Crippen molar-refractivity contribution in [3.05, 3.63) is 29.0 Å². The van der Waals surface area contributed by atoms with Gasteiger partial charge >= 0.3 is 6.09 Å². The van der Waals surface area contributed by atoms with Crippen LogP contribution in [0.2, 0.25) is 5.02 Å². The number of nitrogens with zero attached hydrogens (tertiary/aromatic N) is 2. The first kappa shape index (κ1) is 23.5. The predicted octanol–water partition coefficient (Wildman–Crippen LogP) is 5.59. The van der Waals surface area contributed by atoms with Gasteiger partial charge in [0.2, 0.25) is 0 Å². The average Bonchev–Trinajstić information content (AvgIpc) is 2.59. The van der Waals surface area contributed by atoms with Crippen molar-refractivity contribution in [2.24, 2.45) is 0 Å². The van der Waals surface area contributed by atoms with E-state index in [2.05, 4.69) is 4.90 Å². The van der Waals surface area contributed by atoms with Crippen LogP contribution in [0.1, 0.15) is 48.5 Å². The van der Waals surface area contributed by atoms with Crippen molar-refractivity contribution >= 4 is 23.4 Å². The van der Waals surface area contributed by atoms with Crippen LogP contribution < -0.4 is 4.90 Å². The third kappa shape index (κ3) is 7.95. The van der Waals surface area contributed by atoms with Gasteiger partial charge in [0.25, 0.3) is 0 Å². The fourth-order valence-corrected chi connectivity index (χ4v) is 2.33. The highest BCUT2D eigenvalue weighted by molar-refractivity contribution is 6.31. The smallest absolute Gasteiger partial charge is 0.410 e. The van der Waals surface area contributed by atoms with E-state index in [0.29, 0.717) is 26.2 Å². The molecule has 0 N–H and O–H groups in total. The summed E-state index contributed by atoms with van der Waals surface area (Å²) in [6, 6.07) is 4.67. The zero-order chi connectivity index (χ0) is 19.6. The van der Waals surface area contributed by atoms with Crippen molar-refractivity contribution in [2.75, 3.05) is 31.1 Å². The fraction of sp³-hybridized carbons (Fsp3) is 0.632. The van der Waals surface area contributed by atoms with Crippen LogP contribution in [0.15, 0.2) is 18.2 Å². The first-order valence-electron chi connectivity index (χ1n) is 8.94. The lowest BCUT2D eigenvalue weighted by atomic mass is 10.2. The van der Waals surface area contributed by atoms with Gasteiger partial charge < -0.3 is 14.5 Å². The van der Waals surface area contributed by atoms with Crippen LogP contribution in [0, 0.1) is 5.82 Å². The largest absolute Gasteiger partial charge is 0.444 e. The Morgan fingerprint density at radius 2 is 1.60 bits per heavy atom. The van der Waals surface area contributed by atoms with Crippen molar-refractivity contribution in [3.8, 4) is 0 Å².